The fourth-order valence-electron chi connectivity index (χ4n) is 2.18. The second kappa shape index (κ2) is 6.92. The average Bonchev–Trinajstić information content (AvgIpc) is 2.36. The molecule has 116 valence electrons. The van der Waals surface area contributed by atoms with Crippen molar-refractivity contribution >= 4 is 12.1 Å². The van der Waals surface area contributed by atoms with E-state index in [2.05, 4.69) is 0 Å². The Hall–Kier alpha value is -1.30. The van der Waals surface area contributed by atoms with Gasteiger partial charge in [0.1, 0.15) is 11.5 Å². The number of rotatable bonds is 3. The topological polar surface area (TPSA) is 65.1 Å². The van der Waals surface area contributed by atoms with E-state index in [1.165, 1.54) is 0 Å². The van der Waals surface area contributed by atoms with Gasteiger partial charge >= 0.3 is 12.1 Å². The lowest BCUT2D eigenvalue weighted by Gasteiger charge is -2.37. The average molecular weight is 287 g/mol. The van der Waals surface area contributed by atoms with Crippen LogP contribution < -0.4 is 0 Å². The number of amides is 1. The second-order valence-corrected chi connectivity index (χ2v) is 5.85. The molecule has 0 bridgehead atoms. The molecule has 1 fully saturated rings. The van der Waals surface area contributed by atoms with E-state index in [0.29, 0.717) is 19.6 Å². The highest BCUT2D eigenvalue weighted by molar-refractivity contribution is 5.75. The molecule has 0 radical (unpaired) electrons. The van der Waals surface area contributed by atoms with E-state index in [-0.39, 0.29) is 18.6 Å². The van der Waals surface area contributed by atoms with Gasteiger partial charge in [-0.15, -0.1) is 0 Å². The molecule has 1 saturated heterocycles. The van der Waals surface area contributed by atoms with Crippen LogP contribution in [-0.4, -0.2) is 55.5 Å². The van der Waals surface area contributed by atoms with Crippen LogP contribution in [0.15, 0.2) is 0 Å². The molecule has 0 saturated carbocycles. The van der Waals surface area contributed by atoms with Gasteiger partial charge in [0, 0.05) is 20.2 Å². The fraction of sp³-hybridized carbons (Fsp3) is 0.857. The lowest BCUT2D eigenvalue weighted by atomic mass is 9.95. The molecule has 0 aromatic carbocycles. The zero-order chi connectivity index (χ0) is 15.3. The predicted octanol–water partition coefficient (Wildman–Crippen LogP) is 1.82. The molecule has 1 aliphatic heterocycles. The summed E-state index contributed by atoms with van der Waals surface area (Å²) in [6, 6.07) is 0. The first-order valence-corrected chi connectivity index (χ1v) is 6.95. The summed E-state index contributed by atoms with van der Waals surface area (Å²) in [4.78, 5) is 25.5. The summed E-state index contributed by atoms with van der Waals surface area (Å²) in [6.07, 6.45) is -0.0201. The van der Waals surface area contributed by atoms with Crippen molar-refractivity contribution in [2.75, 3.05) is 26.8 Å². The third-order valence-corrected chi connectivity index (χ3v) is 3.09. The normalized spacial score (nSPS) is 23.4. The number of hydrogen-bond donors (Lipinski definition) is 0. The van der Waals surface area contributed by atoms with Crippen molar-refractivity contribution in [2.45, 2.75) is 45.8 Å². The van der Waals surface area contributed by atoms with E-state index in [0.717, 1.165) is 0 Å². The summed E-state index contributed by atoms with van der Waals surface area (Å²) < 4.78 is 15.7. The van der Waals surface area contributed by atoms with E-state index in [1.807, 2.05) is 20.8 Å². The Kier molecular flexibility index (Phi) is 5.80. The van der Waals surface area contributed by atoms with Gasteiger partial charge in [0.15, 0.2) is 0 Å². The van der Waals surface area contributed by atoms with Crippen LogP contribution in [0.25, 0.3) is 0 Å². The third-order valence-electron chi connectivity index (χ3n) is 3.09. The molecule has 1 amide bonds. The summed E-state index contributed by atoms with van der Waals surface area (Å²) in [5.74, 6) is -0.783. The predicted molar refractivity (Wildman–Crippen MR) is 73.3 cm³/mol. The number of carbonyl (C=O) groups is 2. The zero-order valence-corrected chi connectivity index (χ0v) is 13.0. The molecule has 6 nitrogen and oxygen atoms in total. The van der Waals surface area contributed by atoms with Gasteiger partial charge in [-0.05, 0) is 34.1 Å². The maximum absolute atomic E-state index is 12.0. The van der Waals surface area contributed by atoms with Crippen LogP contribution in [-0.2, 0) is 19.0 Å². The summed E-state index contributed by atoms with van der Waals surface area (Å²) in [6.45, 7) is 8.31. The molecule has 0 aromatic heterocycles. The number of ether oxygens (including phenoxy) is 3. The van der Waals surface area contributed by atoms with Crippen molar-refractivity contribution in [3.05, 3.63) is 0 Å². The molecule has 20 heavy (non-hydrogen) atoms. The van der Waals surface area contributed by atoms with Crippen molar-refractivity contribution in [2.24, 2.45) is 5.92 Å². The highest BCUT2D eigenvalue weighted by atomic mass is 16.6. The van der Waals surface area contributed by atoms with Crippen LogP contribution >= 0.6 is 0 Å². The Morgan fingerprint density at radius 2 is 1.95 bits per heavy atom. The molecule has 1 rings (SSSR count). The van der Waals surface area contributed by atoms with Crippen molar-refractivity contribution in [3.8, 4) is 0 Å². The number of esters is 1. The number of nitrogens with zero attached hydrogens (tertiary/aromatic N) is 1. The Balaban J connectivity index is 2.69. The van der Waals surface area contributed by atoms with Gasteiger partial charge in [-0.1, -0.05) is 0 Å². The van der Waals surface area contributed by atoms with Gasteiger partial charge in [0.2, 0.25) is 0 Å². The fourth-order valence-corrected chi connectivity index (χ4v) is 2.18. The number of piperidine rings is 1. The Morgan fingerprint density at radius 3 is 2.45 bits per heavy atom. The molecule has 0 aliphatic carbocycles. The third kappa shape index (κ3) is 4.67. The Morgan fingerprint density at radius 1 is 1.30 bits per heavy atom. The highest BCUT2D eigenvalue weighted by Crippen LogP contribution is 2.23. The molecular weight excluding hydrogens is 262 g/mol. The molecule has 1 aliphatic rings. The van der Waals surface area contributed by atoms with E-state index in [1.54, 1.807) is 18.9 Å². The van der Waals surface area contributed by atoms with E-state index in [9.17, 15) is 9.59 Å². The maximum atomic E-state index is 12.0. The van der Waals surface area contributed by atoms with Crippen LogP contribution in [0, 0.1) is 5.92 Å². The Bertz CT molecular complexity index is 350. The highest BCUT2D eigenvalue weighted by Gasteiger charge is 2.38. The van der Waals surface area contributed by atoms with Gasteiger partial charge < -0.3 is 19.1 Å². The summed E-state index contributed by atoms with van der Waals surface area (Å²) in [7, 11) is 1.57. The SMILES string of the molecule is CCOC(=O)C1CN(C(=O)OC(C)(C)C)CCC1OC. The number of hydrogen-bond acceptors (Lipinski definition) is 5. The van der Waals surface area contributed by atoms with E-state index < -0.39 is 17.6 Å². The standard InChI is InChI=1S/C14H25NO5/c1-6-19-12(16)10-9-15(8-7-11(10)18-5)13(17)20-14(2,3)4/h10-11H,6-9H2,1-5H3. The number of carbonyl (C=O) groups excluding carboxylic acids is 2. The molecule has 1 heterocycles. The smallest absolute Gasteiger partial charge is 0.410 e. The van der Waals surface area contributed by atoms with Crippen LogP contribution in [0.2, 0.25) is 0 Å². The second-order valence-electron chi connectivity index (χ2n) is 5.85. The van der Waals surface area contributed by atoms with Gasteiger partial charge in [-0.3, -0.25) is 4.79 Å². The van der Waals surface area contributed by atoms with Crippen LogP contribution in [0.1, 0.15) is 34.1 Å². The maximum Gasteiger partial charge on any atom is 0.410 e. The Labute approximate surface area is 120 Å². The summed E-state index contributed by atoms with van der Waals surface area (Å²) in [5, 5.41) is 0. The molecule has 2 unspecified atom stereocenters. The molecule has 0 N–H and O–H groups in total. The van der Waals surface area contributed by atoms with E-state index in [4.69, 9.17) is 14.2 Å². The van der Waals surface area contributed by atoms with Crippen LogP contribution in [0.5, 0.6) is 0 Å². The van der Waals surface area contributed by atoms with Crippen LogP contribution in [0.3, 0.4) is 0 Å². The minimum Gasteiger partial charge on any atom is -0.466 e. The molecule has 0 aromatic rings. The molecule has 2 atom stereocenters. The van der Waals surface area contributed by atoms with Gasteiger partial charge in [0.25, 0.3) is 0 Å². The zero-order valence-electron chi connectivity index (χ0n) is 13.0. The lowest BCUT2D eigenvalue weighted by molar-refractivity contribution is -0.156. The van der Waals surface area contributed by atoms with Crippen molar-refractivity contribution in [1.82, 2.24) is 4.90 Å². The number of methoxy groups -OCH3 is 1. The monoisotopic (exact) mass is 287 g/mol. The van der Waals surface area contributed by atoms with Crippen molar-refractivity contribution < 1.29 is 23.8 Å². The van der Waals surface area contributed by atoms with Gasteiger partial charge in [0.05, 0.1) is 12.7 Å². The quantitative estimate of drug-likeness (QED) is 0.741. The molecule has 6 heteroatoms. The van der Waals surface area contributed by atoms with Crippen LogP contribution in [0.4, 0.5) is 4.79 Å². The summed E-state index contributed by atoms with van der Waals surface area (Å²) >= 11 is 0. The first kappa shape index (κ1) is 16.8. The summed E-state index contributed by atoms with van der Waals surface area (Å²) in [5.41, 5.74) is -0.547. The van der Waals surface area contributed by atoms with Gasteiger partial charge in [-0.25, -0.2) is 4.79 Å². The van der Waals surface area contributed by atoms with Gasteiger partial charge in [-0.2, -0.15) is 0 Å². The lowest BCUT2D eigenvalue weighted by Crippen LogP contribution is -2.51. The largest absolute Gasteiger partial charge is 0.466 e. The molecular formula is C14H25NO5. The van der Waals surface area contributed by atoms with Crippen molar-refractivity contribution in [1.29, 1.82) is 0 Å². The first-order chi connectivity index (χ1) is 9.28. The number of likely N-dealkylation sites (tertiary alicyclic amines) is 1. The van der Waals surface area contributed by atoms with Crippen molar-refractivity contribution in [3.63, 3.8) is 0 Å². The minimum absolute atomic E-state index is 0.215. The van der Waals surface area contributed by atoms with E-state index >= 15 is 0 Å². The first-order valence-electron chi connectivity index (χ1n) is 6.95. The minimum atomic E-state index is -0.547. The molecule has 0 spiro atoms.